The number of nitrogens with zero attached hydrogens (tertiary/aromatic N) is 2. The summed E-state index contributed by atoms with van der Waals surface area (Å²) >= 11 is 1.15. The molecule has 9 heteroatoms. The normalized spacial score (nSPS) is 11.6. The maximum absolute atomic E-state index is 12.3. The predicted molar refractivity (Wildman–Crippen MR) is 76.1 cm³/mol. The quantitative estimate of drug-likeness (QED) is 0.616. The van der Waals surface area contributed by atoms with Crippen LogP contribution >= 0.6 is 11.3 Å². The van der Waals surface area contributed by atoms with Gasteiger partial charge < -0.3 is 8.92 Å². The fourth-order valence-electron chi connectivity index (χ4n) is 1.66. The summed E-state index contributed by atoms with van der Waals surface area (Å²) < 4.78 is 35.6. The van der Waals surface area contributed by atoms with Gasteiger partial charge in [-0.2, -0.15) is 13.5 Å². The van der Waals surface area contributed by atoms with E-state index in [0.717, 1.165) is 11.3 Å². The monoisotopic (exact) mass is 330 g/mol. The summed E-state index contributed by atoms with van der Waals surface area (Å²) in [5.74, 6) is -0.706. The molecule has 21 heavy (non-hydrogen) atoms. The van der Waals surface area contributed by atoms with Crippen LogP contribution in [0.3, 0.4) is 0 Å². The maximum atomic E-state index is 12.3. The first kappa shape index (κ1) is 15.5. The van der Waals surface area contributed by atoms with E-state index in [-0.39, 0.29) is 22.4 Å². The second kappa shape index (κ2) is 5.86. The Hall–Kier alpha value is -1.87. The molecule has 2 aromatic rings. The van der Waals surface area contributed by atoms with E-state index in [4.69, 9.17) is 4.18 Å². The standard InChI is InChI=1S/C12H14N2O5S2/c1-8(2)14-11(4-5-13-14)21(16,17)19-10-7-20-6-9(10)12(15)18-3/h4-8H,1-3H3. The predicted octanol–water partition coefficient (Wildman–Crippen LogP) is 2.08. The first-order valence-electron chi connectivity index (χ1n) is 5.99. The molecule has 0 atom stereocenters. The molecule has 0 spiro atoms. The molecule has 0 radical (unpaired) electrons. The molecule has 0 bridgehead atoms. The van der Waals surface area contributed by atoms with Crippen LogP contribution < -0.4 is 4.18 Å². The van der Waals surface area contributed by atoms with Gasteiger partial charge in [-0.3, -0.25) is 0 Å². The minimum atomic E-state index is -4.08. The highest BCUT2D eigenvalue weighted by atomic mass is 32.2. The smallest absolute Gasteiger partial charge is 0.356 e. The Morgan fingerprint density at radius 2 is 2.10 bits per heavy atom. The van der Waals surface area contributed by atoms with Crippen molar-refractivity contribution in [3.63, 3.8) is 0 Å². The van der Waals surface area contributed by atoms with E-state index in [1.54, 1.807) is 13.8 Å². The lowest BCUT2D eigenvalue weighted by atomic mass is 10.3. The fourth-order valence-corrected chi connectivity index (χ4v) is 3.61. The highest BCUT2D eigenvalue weighted by Crippen LogP contribution is 2.28. The molecule has 2 rings (SSSR count). The third-order valence-corrected chi connectivity index (χ3v) is 4.57. The van der Waals surface area contributed by atoms with Crippen molar-refractivity contribution in [2.24, 2.45) is 0 Å². The molecule has 114 valence electrons. The van der Waals surface area contributed by atoms with Gasteiger partial charge in [-0.05, 0) is 19.9 Å². The lowest BCUT2D eigenvalue weighted by Gasteiger charge is -2.11. The average Bonchev–Trinajstić information content (AvgIpc) is 3.05. The minimum Gasteiger partial charge on any atom is -0.465 e. The van der Waals surface area contributed by atoms with Crippen LogP contribution in [0.1, 0.15) is 30.2 Å². The Kier molecular flexibility index (Phi) is 4.33. The average molecular weight is 330 g/mol. The van der Waals surface area contributed by atoms with Crippen molar-refractivity contribution >= 4 is 27.4 Å². The topological polar surface area (TPSA) is 87.5 Å². The molecular weight excluding hydrogens is 316 g/mol. The Morgan fingerprint density at radius 3 is 2.71 bits per heavy atom. The van der Waals surface area contributed by atoms with E-state index >= 15 is 0 Å². The van der Waals surface area contributed by atoms with E-state index < -0.39 is 16.1 Å². The molecule has 0 aliphatic rings. The molecule has 0 aliphatic carbocycles. The van der Waals surface area contributed by atoms with Crippen LogP contribution in [0.2, 0.25) is 0 Å². The second-order valence-corrected chi connectivity index (χ2v) is 6.62. The lowest BCUT2D eigenvalue weighted by molar-refractivity contribution is 0.0599. The number of methoxy groups -OCH3 is 1. The molecule has 0 N–H and O–H groups in total. The van der Waals surface area contributed by atoms with Crippen molar-refractivity contribution in [2.45, 2.75) is 24.9 Å². The van der Waals surface area contributed by atoms with E-state index in [0.29, 0.717) is 0 Å². The Bertz CT molecular complexity index is 745. The summed E-state index contributed by atoms with van der Waals surface area (Å²) in [7, 11) is -2.87. The molecule has 0 amide bonds. The van der Waals surface area contributed by atoms with E-state index in [1.807, 2.05) is 0 Å². The van der Waals surface area contributed by atoms with Gasteiger partial charge in [-0.1, -0.05) is 0 Å². The summed E-state index contributed by atoms with van der Waals surface area (Å²) in [6.07, 6.45) is 1.38. The Morgan fingerprint density at radius 1 is 1.38 bits per heavy atom. The van der Waals surface area contributed by atoms with E-state index in [9.17, 15) is 13.2 Å². The number of carbonyl (C=O) groups is 1. The fraction of sp³-hybridized carbons (Fsp3) is 0.333. The summed E-state index contributed by atoms with van der Waals surface area (Å²) in [5.41, 5.74) is 0.0710. The van der Waals surface area contributed by atoms with E-state index in [1.165, 1.54) is 34.8 Å². The van der Waals surface area contributed by atoms with Crippen molar-refractivity contribution in [1.29, 1.82) is 0 Å². The van der Waals surface area contributed by atoms with Gasteiger partial charge in [0.15, 0.2) is 10.8 Å². The van der Waals surface area contributed by atoms with Crippen molar-refractivity contribution in [1.82, 2.24) is 9.78 Å². The number of hydrogen-bond acceptors (Lipinski definition) is 7. The molecule has 0 aromatic carbocycles. The molecule has 2 aromatic heterocycles. The van der Waals surface area contributed by atoms with Gasteiger partial charge in [-0.25, -0.2) is 9.48 Å². The van der Waals surface area contributed by atoms with Gasteiger partial charge in [0.05, 0.1) is 13.3 Å². The summed E-state index contributed by atoms with van der Waals surface area (Å²) in [4.78, 5) is 11.5. The van der Waals surface area contributed by atoms with Crippen molar-refractivity contribution in [3.05, 3.63) is 28.6 Å². The van der Waals surface area contributed by atoms with Gasteiger partial charge in [0.25, 0.3) is 0 Å². The Labute approximate surface area is 126 Å². The summed E-state index contributed by atoms with van der Waals surface area (Å²) in [5, 5.41) is 6.78. The van der Waals surface area contributed by atoms with Gasteiger partial charge in [0.2, 0.25) is 0 Å². The maximum Gasteiger partial charge on any atom is 0.356 e. The zero-order valence-corrected chi connectivity index (χ0v) is 13.3. The summed E-state index contributed by atoms with van der Waals surface area (Å²) in [6, 6.07) is 1.20. The number of hydrogen-bond donors (Lipinski definition) is 0. The highest BCUT2D eigenvalue weighted by Gasteiger charge is 2.26. The van der Waals surface area contributed by atoms with Crippen LogP contribution in [0, 0.1) is 0 Å². The zero-order valence-electron chi connectivity index (χ0n) is 11.6. The van der Waals surface area contributed by atoms with Gasteiger partial charge in [0, 0.05) is 16.8 Å². The molecule has 0 unspecified atom stereocenters. The number of ether oxygens (including phenoxy) is 1. The molecule has 0 saturated heterocycles. The van der Waals surface area contributed by atoms with Crippen LogP contribution in [-0.2, 0) is 14.9 Å². The Balaban J connectivity index is 2.37. The van der Waals surface area contributed by atoms with Crippen LogP contribution in [-0.4, -0.2) is 31.3 Å². The first-order valence-corrected chi connectivity index (χ1v) is 8.34. The number of thiophene rings is 1. The van der Waals surface area contributed by atoms with Gasteiger partial charge in [0.1, 0.15) is 5.56 Å². The van der Waals surface area contributed by atoms with Crippen LogP contribution in [0.15, 0.2) is 28.0 Å². The minimum absolute atomic E-state index is 0.0524. The third kappa shape index (κ3) is 3.08. The molecule has 0 saturated carbocycles. The molecular formula is C12H14N2O5S2. The molecule has 0 aliphatic heterocycles. The largest absolute Gasteiger partial charge is 0.465 e. The lowest BCUT2D eigenvalue weighted by Crippen LogP contribution is -2.18. The first-order chi connectivity index (χ1) is 9.86. The van der Waals surface area contributed by atoms with Crippen LogP contribution in [0.25, 0.3) is 0 Å². The van der Waals surface area contributed by atoms with Crippen molar-refractivity contribution in [2.75, 3.05) is 7.11 Å². The van der Waals surface area contributed by atoms with Crippen molar-refractivity contribution in [3.8, 4) is 5.75 Å². The molecule has 0 fully saturated rings. The van der Waals surface area contributed by atoms with Crippen molar-refractivity contribution < 1.29 is 22.1 Å². The highest BCUT2D eigenvalue weighted by molar-refractivity contribution is 7.87. The van der Waals surface area contributed by atoms with Gasteiger partial charge in [-0.15, -0.1) is 11.3 Å². The van der Waals surface area contributed by atoms with Crippen LogP contribution in [0.5, 0.6) is 5.75 Å². The number of aromatic nitrogens is 2. The number of esters is 1. The van der Waals surface area contributed by atoms with Crippen LogP contribution in [0.4, 0.5) is 0 Å². The number of carbonyl (C=O) groups excluding carboxylic acids is 1. The van der Waals surface area contributed by atoms with E-state index in [2.05, 4.69) is 9.84 Å². The number of rotatable bonds is 5. The summed E-state index contributed by atoms with van der Waals surface area (Å²) in [6.45, 7) is 3.60. The van der Waals surface area contributed by atoms with Gasteiger partial charge >= 0.3 is 16.1 Å². The second-order valence-electron chi connectivity index (χ2n) is 4.39. The SMILES string of the molecule is COC(=O)c1cscc1OS(=O)(=O)c1ccnn1C(C)C. The molecule has 7 nitrogen and oxygen atoms in total. The molecule has 2 heterocycles. The third-order valence-electron chi connectivity index (χ3n) is 2.61. The zero-order chi connectivity index (χ0) is 15.6.